The van der Waals surface area contributed by atoms with Crippen molar-refractivity contribution in [1.82, 2.24) is 15.1 Å². The summed E-state index contributed by atoms with van der Waals surface area (Å²) in [5.41, 5.74) is -2.10. The third kappa shape index (κ3) is 3.81. The van der Waals surface area contributed by atoms with E-state index in [-0.39, 0.29) is 48.4 Å². The lowest BCUT2D eigenvalue weighted by atomic mass is 9.86. The van der Waals surface area contributed by atoms with Gasteiger partial charge in [0.2, 0.25) is 0 Å². The van der Waals surface area contributed by atoms with Crippen molar-refractivity contribution in [2.24, 2.45) is 0 Å². The van der Waals surface area contributed by atoms with Gasteiger partial charge in [-0.1, -0.05) is 6.07 Å². The molecule has 1 aromatic heterocycles. The van der Waals surface area contributed by atoms with Gasteiger partial charge in [0.05, 0.1) is 5.56 Å². The number of carbonyl (C=O) groups excluding carboxylic acids is 1. The second-order valence-corrected chi connectivity index (χ2v) is 6.77. The summed E-state index contributed by atoms with van der Waals surface area (Å²) in [7, 11) is 0. The maximum absolute atomic E-state index is 13.8. The predicted molar refractivity (Wildman–Crippen MR) is 89.5 cm³/mol. The van der Waals surface area contributed by atoms with Gasteiger partial charge < -0.3 is 10.0 Å². The molecule has 3 rings (SSSR count). The van der Waals surface area contributed by atoms with Crippen LogP contribution < -0.4 is 0 Å². The number of carboxylic acid groups (broad SMARTS) is 1. The second kappa shape index (κ2) is 7.45. The van der Waals surface area contributed by atoms with Crippen molar-refractivity contribution < 1.29 is 36.6 Å². The highest BCUT2D eigenvalue weighted by Gasteiger charge is 2.40. The Bertz CT molecular complexity index is 962. The number of carboxylic acids is 1. The van der Waals surface area contributed by atoms with Crippen LogP contribution in [0.3, 0.4) is 0 Å². The van der Waals surface area contributed by atoms with Gasteiger partial charge >= 0.3 is 12.1 Å². The van der Waals surface area contributed by atoms with Crippen LogP contribution >= 0.6 is 0 Å². The summed E-state index contributed by atoms with van der Waals surface area (Å²) >= 11 is 0. The first-order valence-corrected chi connectivity index (χ1v) is 8.65. The smallest absolute Gasteiger partial charge is 0.419 e. The molecule has 1 aromatic carbocycles. The fourth-order valence-corrected chi connectivity index (χ4v) is 3.55. The second-order valence-electron chi connectivity index (χ2n) is 6.77. The molecule has 0 saturated carbocycles. The number of aromatic carboxylic acids is 1. The number of alkyl halides is 3. The number of aromatic amines is 1. The molecule has 0 aliphatic carbocycles. The normalized spacial score (nSPS) is 15.6. The lowest BCUT2D eigenvalue weighted by Crippen LogP contribution is -2.38. The molecule has 1 aliphatic rings. The van der Waals surface area contributed by atoms with Crippen LogP contribution in [0.15, 0.2) is 12.1 Å². The molecule has 0 bridgehead atoms. The van der Waals surface area contributed by atoms with E-state index >= 15 is 0 Å². The molecule has 1 fully saturated rings. The van der Waals surface area contributed by atoms with Crippen molar-refractivity contribution in [3.05, 3.63) is 51.8 Å². The number of piperidine rings is 1. The quantitative estimate of drug-likeness (QED) is 0.746. The van der Waals surface area contributed by atoms with Crippen LogP contribution in [0.5, 0.6) is 0 Å². The Hall–Kier alpha value is -2.98. The molecule has 0 radical (unpaired) electrons. The minimum Gasteiger partial charge on any atom is -0.477 e. The molecule has 2 heterocycles. The summed E-state index contributed by atoms with van der Waals surface area (Å²) in [5.74, 6) is -6.03. The number of aromatic nitrogens is 2. The molecular formula is C18H16F5N3O3. The number of nitrogens with one attached hydrogen (secondary N) is 1. The Morgan fingerprint density at radius 2 is 1.83 bits per heavy atom. The average Bonchev–Trinajstić information content (AvgIpc) is 3.04. The highest BCUT2D eigenvalue weighted by atomic mass is 19.4. The van der Waals surface area contributed by atoms with E-state index in [0.717, 1.165) is 6.07 Å². The fraction of sp³-hybridized carbons (Fsp3) is 0.389. The van der Waals surface area contributed by atoms with E-state index < -0.39 is 41.2 Å². The molecule has 11 heteroatoms. The number of benzene rings is 1. The van der Waals surface area contributed by atoms with Crippen LogP contribution in [-0.4, -0.2) is 45.2 Å². The van der Waals surface area contributed by atoms with E-state index in [1.807, 2.05) is 0 Å². The van der Waals surface area contributed by atoms with Crippen molar-refractivity contribution in [2.75, 3.05) is 13.1 Å². The van der Waals surface area contributed by atoms with Gasteiger partial charge in [-0.05, 0) is 37.3 Å². The largest absolute Gasteiger partial charge is 0.477 e. The van der Waals surface area contributed by atoms with Crippen LogP contribution in [0.1, 0.15) is 56.4 Å². The Morgan fingerprint density at radius 1 is 1.21 bits per heavy atom. The number of H-pyrrole nitrogens is 1. The Labute approximate surface area is 161 Å². The zero-order valence-electron chi connectivity index (χ0n) is 15.1. The first-order chi connectivity index (χ1) is 13.5. The summed E-state index contributed by atoms with van der Waals surface area (Å²) in [6.45, 7) is 1.55. The van der Waals surface area contributed by atoms with Crippen LogP contribution in [0, 0.1) is 18.6 Å². The summed E-state index contributed by atoms with van der Waals surface area (Å²) in [5, 5.41) is 15.0. The Balaban J connectivity index is 1.79. The van der Waals surface area contributed by atoms with Crippen molar-refractivity contribution >= 4 is 11.9 Å². The summed E-state index contributed by atoms with van der Waals surface area (Å²) < 4.78 is 66.9. The molecule has 2 N–H and O–H groups in total. The van der Waals surface area contributed by atoms with Gasteiger partial charge in [-0.15, -0.1) is 0 Å². The van der Waals surface area contributed by atoms with E-state index in [1.165, 1.54) is 11.8 Å². The third-order valence-electron chi connectivity index (χ3n) is 5.06. The number of likely N-dealkylation sites (tertiary alicyclic amines) is 1. The lowest BCUT2D eigenvalue weighted by Gasteiger charge is -2.33. The third-order valence-corrected chi connectivity index (χ3v) is 5.06. The van der Waals surface area contributed by atoms with Gasteiger partial charge in [0.1, 0.15) is 5.69 Å². The SMILES string of the molecule is Cc1c(C(=O)N2CCC(c3ccc(F)c(F)c3C(F)(F)F)CC2)n[nH]c1C(=O)O. The number of nitrogens with zero attached hydrogens (tertiary/aromatic N) is 2. The molecule has 1 saturated heterocycles. The van der Waals surface area contributed by atoms with Gasteiger partial charge in [-0.25, -0.2) is 13.6 Å². The van der Waals surface area contributed by atoms with Crippen molar-refractivity contribution in [3.63, 3.8) is 0 Å². The monoisotopic (exact) mass is 417 g/mol. The van der Waals surface area contributed by atoms with E-state index in [4.69, 9.17) is 5.11 Å². The number of amides is 1. The number of rotatable bonds is 3. The van der Waals surface area contributed by atoms with Crippen LogP contribution in [-0.2, 0) is 6.18 Å². The van der Waals surface area contributed by atoms with E-state index in [9.17, 15) is 31.5 Å². The van der Waals surface area contributed by atoms with Gasteiger partial charge in [0.15, 0.2) is 17.3 Å². The Kier molecular flexibility index (Phi) is 5.33. The van der Waals surface area contributed by atoms with Crippen molar-refractivity contribution in [2.45, 2.75) is 31.9 Å². The molecule has 6 nitrogen and oxygen atoms in total. The topological polar surface area (TPSA) is 86.3 Å². The summed E-state index contributed by atoms with van der Waals surface area (Å²) in [6.07, 6.45) is -4.84. The van der Waals surface area contributed by atoms with Gasteiger partial charge in [-0.3, -0.25) is 9.89 Å². The highest BCUT2D eigenvalue weighted by Crippen LogP contribution is 2.41. The zero-order valence-corrected chi connectivity index (χ0v) is 15.1. The molecular weight excluding hydrogens is 401 g/mol. The molecule has 1 amide bonds. The molecule has 0 spiro atoms. The summed E-state index contributed by atoms with van der Waals surface area (Å²) in [4.78, 5) is 25.0. The van der Waals surface area contributed by atoms with Gasteiger partial charge in [-0.2, -0.15) is 18.3 Å². The molecule has 0 atom stereocenters. The number of hydrogen-bond donors (Lipinski definition) is 2. The highest BCUT2D eigenvalue weighted by molar-refractivity contribution is 5.97. The first kappa shape index (κ1) is 20.7. The van der Waals surface area contributed by atoms with Crippen LogP contribution in [0.2, 0.25) is 0 Å². The molecule has 0 unspecified atom stereocenters. The van der Waals surface area contributed by atoms with E-state index in [2.05, 4.69) is 10.2 Å². The first-order valence-electron chi connectivity index (χ1n) is 8.65. The van der Waals surface area contributed by atoms with Crippen LogP contribution in [0.25, 0.3) is 0 Å². The zero-order chi connectivity index (χ0) is 21.5. The maximum Gasteiger partial charge on any atom is 0.419 e. The van der Waals surface area contributed by atoms with Crippen molar-refractivity contribution in [3.8, 4) is 0 Å². The van der Waals surface area contributed by atoms with Gasteiger partial charge in [0, 0.05) is 18.7 Å². The minimum atomic E-state index is -5.05. The van der Waals surface area contributed by atoms with Gasteiger partial charge in [0.25, 0.3) is 5.91 Å². The molecule has 2 aromatic rings. The van der Waals surface area contributed by atoms with E-state index in [1.54, 1.807) is 0 Å². The molecule has 1 aliphatic heterocycles. The Morgan fingerprint density at radius 3 is 2.34 bits per heavy atom. The van der Waals surface area contributed by atoms with E-state index in [0.29, 0.717) is 6.07 Å². The fourth-order valence-electron chi connectivity index (χ4n) is 3.55. The standard InChI is InChI=1S/C18H16F5N3O3/c1-8-14(24-25-15(8)17(28)29)16(27)26-6-4-9(5-7-26)10-2-3-11(19)13(20)12(10)18(21,22)23/h2-3,9H,4-7H2,1H3,(H,24,25)(H,28,29). The number of hydrogen-bond acceptors (Lipinski definition) is 3. The predicted octanol–water partition coefficient (Wildman–Crippen LogP) is 3.73. The summed E-state index contributed by atoms with van der Waals surface area (Å²) in [6, 6.07) is 1.60. The minimum absolute atomic E-state index is 0.0640. The van der Waals surface area contributed by atoms with Crippen LogP contribution in [0.4, 0.5) is 22.0 Å². The molecule has 156 valence electrons. The average molecular weight is 417 g/mol. The lowest BCUT2D eigenvalue weighted by molar-refractivity contribution is -0.141. The van der Waals surface area contributed by atoms with Crippen molar-refractivity contribution in [1.29, 1.82) is 0 Å². The number of carbonyl (C=O) groups is 2. The maximum atomic E-state index is 13.8. The number of halogens is 5. The molecule has 29 heavy (non-hydrogen) atoms.